The Kier molecular flexibility index (Phi) is 15.4. The summed E-state index contributed by atoms with van der Waals surface area (Å²) in [6.07, 6.45) is 22.9. The summed E-state index contributed by atoms with van der Waals surface area (Å²) in [6.45, 7) is 8.00. The van der Waals surface area contributed by atoms with Crippen molar-refractivity contribution in [1.82, 2.24) is 5.32 Å². The summed E-state index contributed by atoms with van der Waals surface area (Å²) >= 11 is 0. The van der Waals surface area contributed by atoms with Crippen LogP contribution >= 0.6 is 0 Å². The number of nitrogens with one attached hydrogen (secondary N) is 1. The topological polar surface area (TPSA) is 12.0 Å². The summed E-state index contributed by atoms with van der Waals surface area (Å²) in [6, 6.07) is 10.8. The molecule has 0 saturated carbocycles. The highest BCUT2D eigenvalue weighted by molar-refractivity contribution is 5.22. The third-order valence-corrected chi connectivity index (χ3v) is 6.09. The van der Waals surface area contributed by atoms with Crippen molar-refractivity contribution < 1.29 is 0 Å². The minimum atomic E-state index is 0.0801. The Morgan fingerprint density at radius 2 is 0.964 bits per heavy atom. The molecule has 0 saturated heterocycles. The molecule has 1 nitrogen and oxygen atoms in total. The van der Waals surface area contributed by atoms with Crippen LogP contribution in [-0.2, 0) is 5.54 Å². The van der Waals surface area contributed by atoms with E-state index >= 15 is 0 Å². The highest BCUT2D eigenvalue weighted by Crippen LogP contribution is 2.19. The molecule has 0 radical (unpaired) electrons. The van der Waals surface area contributed by atoms with E-state index in [9.17, 15) is 0 Å². The molecule has 28 heavy (non-hydrogen) atoms. The molecule has 162 valence electrons. The Balaban J connectivity index is 1.81. The van der Waals surface area contributed by atoms with Crippen LogP contribution in [0, 0.1) is 0 Å². The van der Waals surface area contributed by atoms with Gasteiger partial charge in [-0.1, -0.05) is 134 Å². The average Bonchev–Trinajstić information content (AvgIpc) is 2.71. The van der Waals surface area contributed by atoms with Crippen LogP contribution in [0.25, 0.3) is 0 Å². The van der Waals surface area contributed by atoms with Crippen molar-refractivity contribution >= 4 is 0 Å². The van der Waals surface area contributed by atoms with Gasteiger partial charge in [0.15, 0.2) is 0 Å². The lowest BCUT2D eigenvalue weighted by Crippen LogP contribution is -2.37. The van der Waals surface area contributed by atoms with Gasteiger partial charge in [-0.2, -0.15) is 0 Å². The van der Waals surface area contributed by atoms with Gasteiger partial charge in [-0.05, 0) is 32.4 Å². The zero-order valence-corrected chi connectivity index (χ0v) is 19.4. The van der Waals surface area contributed by atoms with Crippen LogP contribution in [0.15, 0.2) is 30.3 Å². The second-order valence-electron chi connectivity index (χ2n) is 9.22. The molecule has 0 atom stereocenters. The average molecular weight is 388 g/mol. The van der Waals surface area contributed by atoms with E-state index in [4.69, 9.17) is 0 Å². The van der Waals surface area contributed by atoms with E-state index in [2.05, 4.69) is 56.4 Å². The molecule has 1 aromatic carbocycles. The van der Waals surface area contributed by atoms with Gasteiger partial charge in [-0.3, -0.25) is 0 Å². The smallest absolute Gasteiger partial charge is 0.0377 e. The summed E-state index contributed by atoms with van der Waals surface area (Å²) < 4.78 is 0. The summed E-state index contributed by atoms with van der Waals surface area (Å²) in [5.41, 5.74) is 1.46. The minimum absolute atomic E-state index is 0.0801. The number of benzene rings is 1. The predicted molar refractivity (Wildman–Crippen MR) is 127 cm³/mol. The fourth-order valence-electron chi connectivity index (χ4n) is 4.03. The number of hydrogen-bond donors (Lipinski definition) is 1. The molecule has 1 rings (SSSR count). The fourth-order valence-corrected chi connectivity index (χ4v) is 4.03. The zero-order chi connectivity index (χ0) is 20.3. The van der Waals surface area contributed by atoms with Gasteiger partial charge >= 0.3 is 0 Å². The quantitative estimate of drug-likeness (QED) is 0.234. The van der Waals surface area contributed by atoms with Gasteiger partial charge in [0.2, 0.25) is 0 Å². The summed E-state index contributed by atoms with van der Waals surface area (Å²) in [7, 11) is 0. The van der Waals surface area contributed by atoms with Crippen LogP contribution in [-0.4, -0.2) is 6.54 Å². The molecular formula is C27H49N. The van der Waals surface area contributed by atoms with E-state index in [0.717, 1.165) is 6.54 Å². The van der Waals surface area contributed by atoms with E-state index in [1.807, 2.05) is 0 Å². The first-order valence-electron chi connectivity index (χ1n) is 12.5. The Morgan fingerprint density at radius 3 is 1.39 bits per heavy atom. The van der Waals surface area contributed by atoms with Crippen LogP contribution in [0.3, 0.4) is 0 Å². The lowest BCUT2D eigenvalue weighted by molar-refractivity contribution is 0.394. The molecular weight excluding hydrogens is 338 g/mol. The van der Waals surface area contributed by atoms with Crippen molar-refractivity contribution in [3.8, 4) is 0 Å². The second-order valence-corrected chi connectivity index (χ2v) is 9.22. The second kappa shape index (κ2) is 17.1. The Bertz CT molecular complexity index is 437. The monoisotopic (exact) mass is 387 g/mol. The maximum Gasteiger partial charge on any atom is 0.0377 e. The largest absolute Gasteiger partial charge is 0.308 e. The van der Waals surface area contributed by atoms with E-state index in [0.29, 0.717) is 0 Å². The van der Waals surface area contributed by atoms with Gasteiger partial charge in [0, 0.05) is 5.54 Å². The van der Waals surface area contributed by atoms with E-state index in [1.54, 1.807) is 0 Å². The van der Waals surface area contributed by atoms with Gasteiger partial charge in [0.1, 0.15) is 0 Å². The van der Waals surface area contributed by atoms with Gasteiger partial charge in [-0.15, -0.1) is 0 Å². The molecule has 0 unspecified atom stereocenters. The number of rotatable bonds is 19. The normalized spacial score (nSPS) is 11.8. The predicted octanol–water partition coefficient (Wildman–Crippen LogP) is 8.77. The van der Waals surface area contributed by atoms with Gasteiger partial charge in [-0.25, -0.2) is 0 Å². The highest BCUT2D eigenvalue weighted by Gasteiger charge is 2.18. The van der Waals surface area contributed by atoms with Crippen molar-refractivity contribution in [3.63, 3.8) is 0 Å². The molecule has 1 heteroatoms. The standard InChI is InChI=1S/C27H49N/c1-4-5-6-7-8-9-10-11-12-13-14-15-16-17-18-22-25-28-27(2,3)26-23-20-19-21-24-26/h19-21,23-24,28H,4-18,22,25H2,1-3H3. The molecule has 0 amide bonds. The summed E-state index contributed by atoms with van der Waals surface area (Å²) in [4.78, 5) is 0. The van der Waals surface area contributed by atoms with Gasteiger partial charge < -0.3 is 5.32 Å². The van der Waals surface area contributed by atoms with Crippen LogP contribution in [0.5, 0.6) is 0 Å². The van der Waals surface area contributed by atoms with Crippen molar-refractivity contribution in [3.05, 3.63) is 35.9 Å². The summed E-state index contributed by atoms with van der Waals surface area (Å²) in [5.74, 6) is 0. The Morgan fingerprint density at radius 1 is 0.571 bits per heavy atom. The van der Waals surface area contributed by atoms with Crippen LogP contribution in [0.1, 0.15) is 129 Å². The molecule has 0 heterocycles. The molecule has 0 aliphatic carbocycles. The maximum atomic E-state index is 3.72. The first kappa shape index (κ1) is 25.2. The van der Waals surface area contributed by atoms with Crippen LogP contribution in [0.2, 0.25) is 0 Å². The van der Waals surface area contributed by atoms with Gasteiger partial charge in [0.05, 0.1) is 0 Å². The third kappa shape index (κ3) is 13.4. The molecule has 0 bridgehead atoms. The lowest BCUT2D eigenvalue weighted by atomic mass is 9.94. The Hall–Kier alpha value is -0.820. The summed E-state index contributed by atoms with van der Waals surface area (Å²) in [5, 5.41) is 3.72. The van der Waals surface area contributed by atoms with Crippen LogP contribution < -0.4 is 5.32 Å². The van der Waals surface area contributed by atoms with E-state index in [1.165, 1.54) is 108 Å². The lowest BCUT2D eigenvalue weighted by Gasteiger charge is -2.27. The molecule has 0 spiro atoms. The first-order chi connectivity index (χ1) is 13.7. The molecule has 1 N–H and O–H groups in total. The van der Waals surface area contributed by atoms with E-state index in [-0.39, 0.29) is 5.54 Å². The number of unbranched alkanes of at least 4 members (excludes halogenated alkanes) is 15. The third-order valence-electron chi connectivity index (χ3n) is 6.09. The van der Waals surface area contributed by atoms with Crippen molar-refractivity contribution in [2.24, 2.45) is 0 Å². The van der Waals surface area contributed by atoms with E-state index < -0.39 is 0 Å². The highest BCUT2D eigenvalue weighted by atomic mass is 14.9. The first-order valence-corrected chi connectivity index (χ1v) is 12.5. The molecule has 0 fully saturated rings. The van der Waals surface area contributed by atoms with Crippen molar-refractivity contribution in [2.75, 3.05) is 6.54 Å². The van der Waals surface area contributed by atoms with Crippen LogP contribution in [0.4, 0.5) is 0 Å². The maximum absolute atomic E-state index is 3.72. The fraction of sp³-hybridized carbons (Fsp3) is 0.778. The molecule has 0 aromatic heterocycles. The van der Waals surface area contributed by atoms with Crippen molar-refractivity contribution in [2.45, 2.75) is 129 Å². The molecule has 0 aliphatic rings. The SMILES string of the molecule is CCCCCCCCCCCCCCCCCCNC(C)(C)c1ccccc1. The zero-order valence-electron chi connectivity index (χ0n) is 19.4. The molecule has 0 aliphatic heterocycles. The van der Waals surface area contributed by atoms with Crippen molar-refractivity contribution in [1.29, 1.82) is 0 Å². The van der Waals surface area contributed by atoms with Gasteiger partial charge in [0.25, 0.3) is 0 Å². The number of hydrogen-bond acceptors (Lipinski definition) is 1. The minimum Gasteiger partial charge on any atom is -0.308 e. The molecule has 1 aromatic rings. The Labute approximate surface area is 177 Å².